The van der Waals surface area contributed by atoms with Crippen LogP contribution in [-0.4, -0.2) is 34.7 Å². The third-order valence-electron chi connectivity index (χ3n) is 2.29. The zero-order valence-electron chi connectivity index (χ0n) is 8.64. The van der Waals surface area contributed by atoms with Gasteiger partial charge in [0.1, 0.15) is 5.82 Å². The highest BCUT2D eigenvalue weighted by Gasteiger charge is 2.07. The normalized spacial score (nSPS) is 13.1. The van der Waals surface area contributed by atoms with E-state index in [9.17, 15) is 0 Å². The Bertz CT molecular complexity index is 290. The Kier molecular flexibility index (Phi) is 3.85. The summed E-state index contributed by atoms with van der Waals surface area (Å²) in [4.78, 5) is 5.99. The summed E-state index contributed by atoms with van der Waals surface area (Å²) in [5, 5.41) is 8.96. The molecule has 1 rings (SSSR count). The number of hydrogen-bond donors (Lipinski definition) is 2. The predicted octanol–water partition coefficient (Wildman–Crippen LogP) is 0.476. The summed E-state index contributed by atoms with van der Waals surface area (Å²) in [6, 6.07) is 3.93. The minimum absolute atomic E-state index is 0.157. The molecule has 1 unspecified atom stereocenters. The molecule has 1 heterocycles. The standard InChI is InChI=1S/C10H17N3O/c1-8(7-14)13(2)6-9-3-4-12-10(11)5-9/h3-5,8,14H,6-7H2,1-2H3,(H2,11,12). The van der Waals surface area contributed by atoms with Crippen molar-refractivity contribution in [3.63, 3.8) is 0 Å². The van der Waals surface area contributed by atoms with Crippen molar-refractivity contribution < 1.29 is 5.11 Å². The van der Waals surface area contributed by atoms with Gasteiger partial charge in [-0.15, -0.1) is 0 Å². The topological polar surface area (TPSA) is 62.4 Å². The lowest BCUT2D eigenvalue weighted by Gasteiger charge is -2.22. The number of rotatable bonds is 4. The van der Waals surface area contributed by atoms with Gasteiger partial charge in [0.2, 0.25) is 0 Å². The average molecular weight is 195 g/mol. The molecule has 1 aromatic heterocycles. The van der Waals surface area contributed by atoms with Crippen LogP contribution in [0.4, 0.5) is 5.82 Å². The van der Waals surface area contributed by atoms with Crippen molar-refractivity contribution in [1.82, 2.24) is 9.88 Å². The molecule has 3 N–H and O–H groups in total. The fraction of sp³-hybridized carbons (Fsp3) is 0.500. The molecule has 0 fully saturated rings. The number of pyridine rings is 1. The highest BCUT2D eigenvalue weighted by atomic mass is 16.3. The first-order chi connectivity index (χ1) is 6.63. The summed E-state index contributed by atoms with van der Waals surface area (Å²) < 4.78 is 0. The molecule has 0 amide bonds. The van der Waals surface area contributed by atoms with Crippen LogP contribution in [0.1, 0.15) is 12.5 Å². The molecular weight excluding hydrogens is 178 g/mol. The number of nitrogens with two attached hydrogens (primary N) is 1. The van der Waals surface area contributed by atoms with Crippen LogP contribution in [0.2, 0.25) is 0 Å². The quantitative estimate of drug-likeness (QED) is 0.733. The SMILES string of the molecule is CC(CO)N(C)Cc1ccnc(N)c1. The number of aromatic nitrogens is 1. The molecule has 4 heteroatoms. The number of aliphatic hydroxyl groups is 1. The zero-order chi connectivity index (χ0) is 10.6. The lowest BCUT2D eigenvalue weighted by molar-refractivity contribution is 0.154. The Labute approximate surface area is 84.4 Å². The maximum absolute atomic E-state index is 8.96. The van der Waals surface area contributed by atoms with Crippen LogP contribution in [0, 0.1) is 0 Å². The highest BCUT2D eigenvalue weighted by Crippen LogP contribution is 2.07. The van der Waals surface area contributed by atoms with E-state index in [1.807, 2.05) is 26.1 Å². The van der Waals surface area contributed by atoms with Gasteiger partial charge in [-0.1, -0.05) is 0 Å². The van der Waals surface area contributed by atoms with E-state index in [2.05, 4.69) is 9.88 Å². The van der Waals surface area contributed by atoms with E-state index >= 15 is 0 Å². The van der Waals surface area contributed by atoms with E-state index in [0.29, 0.717) is 5.82 Å². The predicted molar refractivity (Wildman–Crippen MR) is 56.7 cm³/mol. The molecule has 1 atom stereocenters. The van der Waals surface area contributed by atoms with Crippen LogP contribution in [0.25, 0.3) is 0 Å². The van der Waals surface area contributed by atoms with Crippen LogP contribution in [0.3, 0.4) is 0 Å². The average Bonchev–Trinajstić information content (AvgIpc) is 2.16. The van der Waals surface area contributed by atoms with Gasteiger partial charge in [0, 0.05) is 18.8 Å². The molecule has 0 aliphatic rings. The molecule has 0 radical (unpaired) electrons. The van der Waals surface area contributed by atoms with Gasteiger partial charge in [-0.3, -0.25) is 4.90 Å². The number of likely N-dealkylation sites (N-methyl/N-ethyl adjacent to an activating group) is 1. The van der Waals surface area contributed by atoms with Crippen molar-refractivity contribution in [2.75, 3.05) is 19.4 Å². The summed E-state index contributed by atoms with van der Waals surface area (Å²) in [6.07, 6.45) is 1.70. The molecule has 0 saturated heterocycles. The fourth-order valence-corrected chi connectivity index (χ4v) is 1.18. The van der Waals surface area contributed by atoms with Gasteiger partial charge < -0.3 is 10.8 Å². The van der Waals surface area contributed by atoms with E-state index in [0.717, 1.165) is 12.1 Å². The number of nitrogens with zero attached hydrogens (tertiary/aromatic N) is 2. The monoisotopic (exact) mass is 195 g/mol. The molecule has 0 bridgehead atoms. The summed E-state index contributed by atoms with van der Waals surface area (Å²) in [5.74, 6) is 0.535. The molecule has 78 valence electrons. The van der Waals surface area contributed by atoms with Crippen LogP contribution in [0.15, 0.2) is 18.3 Å². The maximum atomic E-state index is 8.96. The summed E-state index contributed by atoms with van der Waals surface area (Å²) in [5.41, 5.74) is 6.68. The van der Waals surface area contributed by atoms with Crippen LogP contribution in [-0.2, 0) is 6.54 Å². The Morgan fingerprint density at radius 2 is 2.36 bits per heavy atom. The molecule has 0 aromatic carbocycles. The number of anilines is 1. The second kappa shape index (κ2) is 4.93. The lowest BCUT2D eigenvalue weighted by atomic mass is 10.2. The molecule has 0 saturated carbocycles. The van der Waals surface area contributed by atoms with Crippen molar-refractivity contribution >= 4 is 5.82 Å². The number of aliphatic hydroxyl groups excluding tert-OH is 1. The van der Waals surface area contributed by atoms with Crippen molar-refractivity contribution in [3.8, 4) is 0 Å². The summed E-state index contributed by atoms with van der Waals surface area (Å²) in [7, 11) is 1.97. The third-order valence-corrected chi connectivity index (χ3v) is 2.29. The minimum atomic E-state index is 0.157. The second-order valence-corrected chi connectivity index (χ2v) is 3.54. The Balaban J connectivity index is 2.60. The minimum Gasteiger partial charge on any atom is -0.395 e. The first-order valence-electron chi connectivity index (χ1n) is 4.65. The highest BCUT2D eigenvalue weighted by molar-refractivity contribution is 5.31. The van der Waals surface area contributed by atoms with Gasteiger partial charge in [-0.05, 0) is 31.7 Å². The van der Waals surface area contributed by atoms with Crippen molar-refractivity contribution in [2.45, 2.75) is 19.5 Å². The van der Waals surface area contributed by atoms with E-state index in [4.69, 9.17) is 10.8 Å². The second-order valence-electron chi connectivity index (χ2n) is 3.54. The van der Waals surface area contributed by atoms with Gasteiger partial charge in [0.15, 0.2) is 0 Å². The number of nitrogen functional groups attached to an aromatic ring is 1. The van der Waals surface area contributed by atoms with E-state index in [1.54, 1.807) is 6.20 Å². The first kappa shape index (κ1) is 10.9. The van der Waals surface area contributed by atoms with E-state index < -0.39 is 0 Å². The molecule has 0 aliphatic carbocycles. The molecule has 4 nitrogen and oxygen atoms in total. The van der Waals surface area contributed by atoms with Crippen molar-refractivity contribution in [3.05, 3.63) is 23.9 Å². The zero-order valence-corrected chi connectivity index (χ0v) is 8.64. The summed E-state index contributed by atoms with van der Waals surface area (Å²) >= 11 is 0. The molecule has 14 heavy (non-hydrogen) atoms. The summed E-state index contributed by atoms with van der Waals surface area (Å²) in [6.45, 7) is 2.91. The Morgan fingerprint density at radius 1 is 1.64 bits per heavy atom. The van der Waals surface area contributed by atoms with Crippen LogP contribution in [0.5, 0.6) is 0 Å². The molecule has 0 spiro atoms. The fourth-order valence-electron chi connectivity index (χ4n) is 1.18. The van der Waals surface area contributed by atoms with E-state index in [1.165, 1.54) is 0 Å². The first-order valence-corrected chi connectivity index (χ1v) is 4.65. The van der Waals surface area contributed by atoms with E-state index in [-0.39, 0.29) is 12.6 Å². The number of hydrogen-bond acceptors (Lipinski definition) is 4. The lowest BCUT2D eigenvalue weighted by Crippen LogP contribution is -2.31. The smallest absolute Gasteiger partial charge is 0.123 e. The Morgan fingerprint density at radius 3 is 2.93 bits per heavy atom. The van der Waals surface area contributed by atoms with Gasteiger partial charge in [-0.2, -0.15) is 0 Å². The van der Waals surface area contributed by atoms with Crippen molar-refractivity contribution in [1.29, 1.82) is 0 Å². The van der Waals surface area contributed by atoms with Crippen molar-refractivity contribution in [2.24, 2.45) is 0 Å². The largest absolute Gasteiger partial charge is 0.395 e. The molecular formula is C10H17N3O. The van der Waals surface area contributed by atoms with Gasteiger partial charge in [0.25, 0.3) is 0 Å². The molecule has 1 aromatic rings. The van der Waals surface area contributed by atoms with Gasteiger partial charge in [0.05, 0.1) is 6.61 Å². The third kappa shape index (κ3) is 2.97. The Hall–Kier alpha value is -1.13. The van der Waals surface area contributed by atoms with Crippen LogP contribution >= 0.6 is 0 Å². The van der Waals surface area contributed by atoms with Gasteiger partial charge >= 0.3 is 0 Å². The van der Waals surface area contributed by atoms with Gasteiger partial charge in [-0.25, -0.2) is 4.98 Å². The maximum Gasteiger partial charge on any atom is 0.123 e. The van der Waals surface area contributed by atoms with Crippen LogP contribution < -0.4 is 5.73 Å². The molecule has 0 aliphatic heterocycles.